The molecule has 0 unspecified atom stereocenters. The zero-order valence-corrected chi connectivity index (χ0v) is 12.8. The van der Waals surface area contributed by atoms with E-state index in [0.717, 1.165) is 37.3 Å². The third-order valence-corrected chi connectivity index (χ3v) is 3.17. The van der Waals surface area contributed by atoms with Gasteiger partial charge in [0.1, 0.15) is 11.6 Å². The molecule has 0 aliphatic rings. The van der Waals surface area contributed by atoms with E-state index in [1.54, 1.807) is 9.13 Å². The Morgan fingerprint density at radius 2 is 1.18 bits per heavy atom. The highest BCUT2D eigenvalue weighted by Gasteiger charge is 2.11. The minimum atomic E-state index is -0.234. The Hall–Kier alpha value is -2.20. The van der Waals surface area contributed by atoms with Crippen molar-refractivity contribution in [2.75, 3.05) is 0 Å². The Morgan fingerprint density at radius 3 is 1.50 bits per heavy atom. The molecule has 0 fully saturated rings. The molecular weight excluding hydrogens is 292 g/mol. The predicted octanol–water partition coefficient (Wildman–Crippen LogP) is -1.59. The number of hydrogen-bond acceptors (Lipinski definition) is 4. The third kappa shape index (κ3) is 4.15. The highest BCUT2D eigenvalue weighted by Crippen LogP contribution is 1.99. The number of nitrogens with one attached hydrogen (secondary N) is 2. The molecule has 0 spiro atoms. The first-order chi connectivity index (χ1) is 9.67. The molecule has 0 bridgehead atoms. The van der Waals surface area contributed by atoms with Gasteiger partial charge in [0.15, 0.2) is 0 Å². The largest absolute Gasteiger partial charge is 0.412 e. The van der Waals surface area contributed by atoms with Crippen LogP contribution < -0.4 is 11.4 Å². The van der Waals surface area contributed by atoms with E-state index < -0.39 is 0 Å². The maximum Gasteiger partial charge on any atom is 0.343 e. The Labute approximate surface area is 126 Å². The summed E-state index contributed by atoms with van der Waals surface area (Å²) >= 11 is 0. The molecule has 10 nitrogen and oxygen atoms in total. The first-order valence-electron chi connectivity index (χ1n) is 6.95. The second-order valence-electron chi connectivity index (χ2n) is 4.69. The number of aromatic nitrogens is 6. The van der Waals surface area contributed by atoms with Gasteiger partial charge in [0, 0.05) is 25.9 Å². The van der Waals surface area contributed by atoms with Gasteiger partial charge in [-0.25, -0.2) is 19.8 Å². The molecule has 2 aromatic heterocycles. The molecule has 0 aromatic carbocycles. The second kappa shape index (κ2) is 8.95. The number of aryl methyl sites for hydroxylation is 2. The lowest BCUT2D eigenvalue weighted by Gasteiger charge is -2.07. The van der Waals surface area contributed by atoms with Crippen LogP contribution in [0.15, 0.2) is 9.59 Å². The Morgan fingerprint density at radius 1 is 0.818 bits per heavy atom. The van der Waals surface area contributed by atoms with E-state index in [0.29, 0.717) is 13.1 Å². The Bertz CT molecular complexity index is 609. The van der Waals surface area contributed by atoms with Crippen LogP contribution >= 0.6 is 0 Å². The highest BCUT2D eigenvalue weighted by molar-refractivity contribution is 4.89. The van der Waals surface area contributed by atoms with Crippen LogP contribution in [0, 0.1) is 0 Å². The number of aromatic amines is 2. The van der Waals surface area contributed by atoms with Crippen LogP contribution in [0.2, 0.25) is 0 Å². The van der Waals surface area contributed by atoms with Crippen molar-refractivity contribution in [1.29, 1.82) is 0 Å². The van der Waals surface area contributed by atoms with Crippen molar-refractivity contribution in [3.63, 3.8) is 0 Å². The van der Waals surface area contributed by atoms with Crippen LogP contribution in [-0.4, -0.2) is 40.5 Å². The first kappa shape index (κ1) is 19.8. The summed E-state index contributed by atoms with van der Waals surface area (Å²) in [5.41, 5.74) is -0.468. The van der Waals surface area contributed by atoms with Crippen LogP contribution in [0.1, 0.15) is 38.3 Å². The predicted molar refractivity (Wildman–Crippen MR) is 80.9 cm³/mol. The maximum absolute atomic E-state index is 11.7. The molecule has 2 heterocycles. The Kier molecular flexibility index (Phi) is 8.05. The van der Waals surface area contributed by atoms with Crippen molar-refractivity contribution in [2.24, 2.45) is 0 Å². The summed E-state index contributed by atoms with van der Waals surface area (Å²) in [4.78, 5) is 23.4. The highest BCUT2D eigenvalue weighted by atomic mass is 16.2. The van der Waals surface area contributed by atoms with Crippen LogP contribution in [-0.2, 0) is 25.9 Å². The minimum absolute atomic E-state index is 0. The van der Waals surface area contributed by atoms with Gasteiger partial charge in [0.05, 0.1) is 0 Å². The summed E-state index contributed by atoms with van der Waals surface area (Å²) in [7, 11) is 0. The van der Waals surface area contributed by atoms with E-state index in [9.17, 15) is 9.59 Å². The zero-order valence-electron chi connectivity index (χ0n) is 12.8. The fourth-order valence-electron chi connectivity index (χ4n) is 2.19. The van der Waals surface area contributed by atoms with Crippen molar-refractivity contribution < 1.29 is 11.0 Å². The van der Waals surface area contributed by atoms with E-state index in [1.807, 2.05) is 13.8 Å². The molecule has 2 aromatic rings. The summed E-state index contributed by atoms with van der Waals surface area (Å²) in [5.74, 6) is 1.46. The van der Waals surface area contributed by atoms with Crippen LogP contribution in [0.5, 0.6) is 0 Å². The molecule has 0 aliphatic heterocycles. The van der Waals surface area contributed by atoms with Crippen LogP contribution in [0.25, 0.3) is 0 Å². The SMILES string of the molecule is CCCc1n[nH]c(=O)n1CCn1c(CCC)n[nH]c1=O.O.O. The lowest BCUT2D eigenvalue weighted by atomic mass is 10.3. The second-order valence-corrected chi connectivity index (χ2v) is 4.69. The van der Waals surface area contributed by atoms with E-state index in [4.69, 9.17) is 0 Å². The average Bonchev–Trinajstić information content (AvgIpc) is 2.94. The number of rotatable bonds is 7. The Balaban J connectivity index is 0.00000220. The molecule has 6 N–H and O–H groups in total. The summed E-state index contributed by atoms with van der Waals surface area (Å²) in [5, 5.41) is 12.9. The topological polar surface area (TPSA) is 164 Å². The molecule has 0 saturated heterocycles. The minimum Gasteiger partial charge on any atom is -0.412 e. The molecule has 0 radical (unpaired) electrons. The number of hydrogen-bond donors (Lipinski definition) is 2. The lowest BCUT2D eigenvalue weighted by Crippen LogP contribution is -2.26. The van der Waals surface area contributed by atoms with Crippen molar-refractivity contribution in [1.82, 2.24) is 29.5 Å². The monoisotopic (exact) mass is 316 g/mol. The van der Waals surface area contributed by atoms with Crippen molar-refractivity contribution in [3.05, 3.63) is 32.6 Å². The van der Waals surface area contributed by atoms with E-state index >= 15 is 0 Å². The molecule has 10 heteroatoms. The van der Waals surface area contributed by atoms with Crippen molar-refractivity contribution in [3.8, 4) is 0 Å². The number of H-pyrrole nitrogens is 2. The first-order valence-corrected chi connectivity index (χ1v) is 6.95. The summed E-state index contributed by atoms with van der Waals surface area (Å²) < 4.78 is 3.16. The van der Waals surface area contributed by atoms with E-state index in [2.05, 4.69) is 20.4 Å². The van der Waals surface area contributed by atoms with Crippen molar-refractivity contribution in [2.45, 2.75) is 52.6 Å². The normalized spacial score (nSPS) is 10.1. The molecule has 2 rings (SSSR count). The molecule has 126 valence electrons. The summed E-state index contributed by atoms with van der Waals surface area (Å²) in [6.07, 6.45) is 3.30. The maximum atomic E-state index is 11.7. The molecular formula is C12H24N6O4. The third-order valence-electron chi connectivity index (χ3n) is 3.17. The average molecular weight is 316 g/mol. The van der Waals surface area contributed by atoms with Gasteiger partial charge >= 0.3 is 11.4 Å². The van der Waals surface area contributed by atoms with Gasteiger partial charge in [0.25, 0.3) is 0 Å². The molecule has 0 saturated carbocycles. The summed E-state index contributed by atoms with van der Waals surface area (Å²) in [6, 6.07) is 0. The quantitative estimate of drug-likeness (QED) is 0.629. The van der Waals surface area contributed by atoms with Crippen molar-refractivity contribution >= 4 is 0 Å². The molecule has 0 amide bonds. The van der Waals surface area contributed by atoms with Gasteiger partial charge in [-0.05, 0) is 12.8 Å². The lowest BCUT2D eigenvalue weighted by molar-refractivity contribution is 0.520. The molecule has 0 atom stereocenters. The summed E-state index contributed by atoms with van der Waals surface area (Å²) in [6.45, 7) is 4.90. The zero-order chi connectivity index (χ0) is 14.5. The standard InChI is InChI=1S/C12H20N6O2.2H2O/c1-3-5-9-13-15-11(19)17(9)7-8-18-10(6-4-2)14-16-12(18)20;;/h3-8H2,1-2H3,(H,15,19)(H,16,20);2*1H2. The fraction of sp³-hybridized carbons (Fsp3) is 0.667. The van der Waals surface area contributed by atoms with Crippen LogP contribution in [0.4, 0.5) is 0 Å². The number of nitrogens with zero attached hydrogens (tertiary/aromatic N) is 4. The van der Waals surface area contributed by atoms with Gasteiger partial charge in [-0.3, -0.25) is 9.13 Å². The molecule has 0 aliphatic carbocycles. The van der Waals surface area contributed by atoms with Gasteiger partial charge in [0.2, 0.25) is 0 Å². The van der Waals surface area contributed by atoms with E-state index in [-0.39, 0.29) is 22.3 Å². The van der Waals surface area contributed by atoms with Crippen LogP contribution in [0.3, 0.4) is 0 Å². The van der Waals surface area contributed by atoms with Gasteiger partial charge in [-0.15, -0.1) is 0 Å². The fourth-order valence-corrected chi connectivity index (χ4v) is 2.19. The van der Waals surface area contributed by atoms with Gasteiger partial charge in [-0.1, -0.05) is 13.8 Å². The molecule has 22 heavy (non-hydrogen) atoms. The van der Waals surface area contributed by atoms with E-state index in [1.165, 1.54) is 0 Å². The van der Waals surface area contributed by atoms with Gasteiger partial charge < -0.3 is 11.0 Å². The smallest absolute Gasteiger partial charge is 0.343 e. The van der Waals surface area contributed by atoms with Gasteiger partial charge in [-0.2, -0.15) is 10.2 Å².